The van der Waals surface area contributed by atoms with Gasteiger partial charge in [-0.15, -0.1) is 0 Å². The van der Waals surface area contributed by atoms with E-state index < -0.39 is 0 Å². The molecule has 0 radical (unpaired) electrons. The van der Waals surface area contributed by atoms with Crippen LogP contribution in [0.3, 0.4) is 0 Å². The molecule has 0 saturated heterocycles. The second-order valence-electron chi connectivity index (χ2n) is 4.88. The van der Waals surface area contributed by atoms with Crippen molar-refractivity contribution in [2.24, 2.45) is 5.92 Å². The van der Waals surface area contributed by atoms with E-state index in [0.29, 0.717) is 12.5 Å². The van der Waals surface area contributed by atoms with Crippen molar-refractivity contribution in [3.8, 4) is 0 Å². The first-order valence-corrected chi connectivity index (χ1v) is 6.22. The minimum absolute atomic E-state index is 0.182. The van der Waals surface area contributed by atoms with Gasteiger partial charge in [-0.2, -0.15) is 0 Å². The summed E-state index contributed by atoms with van der Waals surface area (Å²) in [5, 5.41) is 3.27. The quantitative estimate of drug-likeness (QED) is 0.722. The zero-order valence-electron chi connectivity index (χ0n) is 10.7. The van der Waals surface area contributed by atoms with E-state index in [0.717, 1.165) is 13.0 Å². The Balaban J connectivity index is 2.15. The summed E-state index contributed by atoms with van der Waals surface area (Å²) in [5.74, 6) is 0.892. The lowest BCUT2D eigenvalue weighted by molar-refractivity contribution is -0.130. The number of allylic oxidation sites excluding steroid dienone is 2. The Morgan fingerprint density at radius 2 is 2.25 bits per heavy atom. The topological polar surface area (TPSA) is 32.3 Å². The number of hydrogen-bond donors (Lipinski definition) is 1. The predicted molar refractivity (Wildman–Crippen MR) is 67.3 cm³/mol. The lowest BCUT2D eigenvalue weighted by Gasteiger charge is -2.23. The third kappa shape index (κ3) is 4.35. The van der Waals surface area contributed by atoms with E-state index in [-0.39, 0.29) is 11.9 Å². The summed E-state index contributed by atoms with van der Waals surface area (Å²) < 4.78 is 0. The Bertz CT molecular complexity index is 248. The van der Waals surface area contributed by atoms with Gasteiger partial charge in [0.1, 0.15) is 0 Å². The summed E-state index contributed by atoms with van der Waals surface area (Å²) in [4.78, 5) is 13.5. The molecule has 3 nitrogen and oxygen atoms in total. The van der Waals surface area contributed by atoms with Crippen molar-refractivity contribution in [1.82, 2.24) is 10.2 Å². The first-order valence-electron chi connectivity index (χ1n) is 6.22. The highest BCUT2D eigenvalue weighted by atomic mass is 16.2. The van der Waals surface area contributed by atoms with Gasteiger partial charge >= 0.3 is 0 Å². The molecule has 0 aliphatic heterocycles. The maximum Gasteiger partial charge on any atom is 0.236 e. The maximum atomic E-state index is 11.7. The molecule has 0 bridgehead atoms. The monoisotopic (exact) mass is 224 g/mol. The van der Waals surface area contributed by atoms with Crippen LogP contribution in [0.2, 0.25) is 0 Å². The average Bonchev–Trinajstić information content (AvgIpc) is 2.29. The summed E-state index contributed by atoms with van der Waals surface area (Å²) in [5.41, 5.74) is 0. The first kappa shape index (κ1) is 13.2. The number of likely N-dealkylation sites (N-methyl/N-ethyl adjacent to an activating group) is 1. The van der Waals surface area contributed by atoms with Crippen LogP contribution in [0.1, 0.15) is 33.1 Å². The summed E-state index contributed by atoms with van der Waals surface area (Å²) in [6.07, 6.45) is 8.08. The molecule has 0 aromatic carbocycles. The van der Waals surface area contributed by atoms with Crippen LogP contribution in [0.5, 0.6) is 0 Å². The Labute approximate surface area is 98.9 Å². The zero-order valence-corrected chi connectivity index (χ0v) is 10.7. The highest BCUT2D eigenvalue weighted by Gasteiger charge is 2.13. The molecule has 3 heteroatoms. The van der Waals surface area contributed by atoms with Crippen LogP contribution < -0.4 is 5.32 Å². The number of nitrogens with zero attached hydrogens (tertiary/aromatic N) is 1. The number of nitrogens with one attached hydrogen (secondary N) is 1. The van der Waals surface area contributed by atoms with Crippen LogP contribution in [0.15, 0.2) is 12.2 Å². The second kappa shape index (κ2) is 6.69. The van der Waals surface area contributed by atoms with Gasteiger partial charge in [0.25, 0.3) is 0 Å². The average molecular weight is 224 g/mol. The predicted octanol–water partition coefficient (Wildman–Crippen LogP) is 1.80. The SMILES string of the molecule is CC(C)N(C)C(=O)CNCC1CC=CCC1. The molecule has 16 heavy (non-hydrogen) atoms. The van der Waals surface area contributed by atoms with Gasteiger partial charge in [-0.1, -0.05) is 12.2 Å². The maximum absolute atomic E-state index is 11.7. The summed E-state index contributed by atoms with van der Waals surface area (Å²) in [6.45, 7) is 5.49. The van der Waals surface area contributed by atoms with Crippen LogP contribution in [0.25, 0.3) is 0 Å². The molecule has 0 fully saturated rings. The third-order valence-corrected chi connectivity index (χ3v) is 3.25. The molecule has 0 saturated carbocycles. The van der Waals surface area contributed by atoms with E-state index in [4.69, 9.17) is 0 Å². The fourth-order valence-electron chi connectivity index (χ4n) is 1.84. The standard InChI is InChI=1S/C13H24N2O/c1-11(2)15(3)13(16)10-14-9-12-7-5-4-6-8-12/h4-5,11-12,14H,6-10H2,1-3H3. The summed E-state index contributed by atoms with van der Waals surface area (Å²) in [7, 11) is 1.86. The van der Waals surface area contributed by atoms with Crippen molar-refractivity contribution < 1.29 is 4.79 Å². The van der Waals surface area contributed by atoms with Crippen LogP contribution in [-0.4, -0.2) is 37.0 Å². The van der Waals surface area contributed by atoms with Gasteiger partial charge in [0, 0.05) is 13.1 Å². The molecule has 0 spiro atoms. The van der Waals surface area contributed by atoms with E-state index in [9.17, 15) is 4.79 Å². The van der Waals surface area contributed by atoms with E-state index in [1.807, 2.05) is 20.9 Å². The highest BCUT2D eigenvalue weighted by Crippen LogP contribution is 2.16. The van der Waals surface area contributed by atoms with E-state index >= 15 is 0 Å². The number of rotatable bonds is 5. The minimum atomic E-state index is 0.182. The first-order chi connectivity index (χ1) is 7.61. The summed E-state index contributed by atoms with van der Waals surface area (Å²) in [6, 6.07) is 0.284. The lowest BCUT2D eigenvalue weighted by Crippen LogP contribution is -2.40. The van der Waals surface area contributed by atoms with Crippen LogP contribution >= 0.6 is 0 Å². The van der Waals surface area contributed by atoms with E-state index in [2.05, 4.69) is 17.5 Å². The molecular formula is C13H24N2O. The van der Waals surface area contributed by atoms with Crippen molar-refractivity contribution in [3.63, 3.8) is 0 Å². The number of carbonyl (C=O) groups excluding carboxylic acids is 1. The second-order valence-corrected chi connectivity index (χ2v) is 4.88. The molecule has 0 heterocycles. The zero-order chi connectivity index (χ0) is 12.0. The van der Waals surface area contributed by atoms with Crippen LogP contribution in [-0.2, 0) is 4.79 Å². The fourth-order valence-corrected chi connectivity index (χ4v) is 1.84. The molecule has 1 aliphatic carbocycles. The third-order valence-electron chi connectivity index (χ3n) is 3.25. The Morgan fingerprint density at radius 3 is 2.81 bits per heavy atom. The fraction of sp³-hybridized carbons (Fsp3) is 0.769. The molecule has 1 N–H and O–H groups in total. The van der Waals surface area contributed by atoms with Gasteiger partial charge in [0.05, 0.1) is 6.54 Å². The van der Waals surface area contributed by atoms with Crippen LogP contribution in [0, 0.1) is 5.92 Å². The largest absolute Gasteiger partial charge is 0.342 e. The highest BCUT2D eigenvalue weighted by molar-refractivity contribution is 5.78. The molecule has 1 amide bonds. The van der Waals surface area contributed by atoms with Crippen molar-refractivity contribution >= 4 is 5.91 Å². The molecule has 1 aliphatic rings. The van der Waals surface area contributed by atoms with Gasteiger partial charge in [-0.25, -0.2) is 0 Å². The molecule has 0 aromatic heterocycles. The Morgan fingerprint density at radius 1 is 1.50 bits per heavy atom. The lowest BCUT2D eigenvalue weighted by atomic mass is 9.94. The molecule has 1 atom stereocenters. The van der Waals surface area contributed by atoms with Gasteiger partial charge in [-0.05, 0) is 45.6 Å². The van der Waals surface area contributed by atoms with Crippen molar-refractivity contribution in [2.45, 2.75) is 39.2 Å². The van der Waals surface area contributed by atoms with Gasteiger partial charge in [0.2, 0.25) is 5.91 Å². The van der Waals surface area contributed by atoms with E-state index in [1.54, 1.807) is 4.90 Å². The van der Waals surface area contributed by atoms with Crippen LogP contribution in [0.4, 0.5) is 0 Å². The number of amides is 1. The minimum Gasteiger partial charge on any atom is -0.342 e. The van der Waals surface area contributed by atoms with Crippen molar-refractivity contribution in [1.29, 1.82) is 0 Å². The van der Waals surface area contributed by atoms with Gasteiger partial charge < -0.3 is 10.2 Å². The molecule has 1 unspecified atom stereocenters. The van der Waals surface area contributed by atoms with Gasteiger partial charge in [0.15, 0.2) is 0 Å². The Kier molecular flexibility index (Phi) is 5.53. The molecule has 0 aromatic rings. The summed E-state index contributed by atoms with van der Waals surface area (Å²) >= 11 is 0. The normalized spacial score (nSPS) is 20.1. The molecular weight excluding hydrogens is 200 g/mol. The van der Waals surface area contributed by atoms with Gasteiger partial charge in [-0.3, -0.25) is 4.79 Å². The molecule has 92 valence electrons. The Hall–Kier alpha value is -0.830. The number of hydrogen-bond acceptors (Lipinski definition) is 2. The van der Waals surface area contributed by atoms with Crippen molar-refractivity contribution in [2.75, 3.05) is 20.1 Å². The van der Waals surface area contributed by atoms with Crippen molar-refractivity contribution in [3.05, 3.63) is 12.2 Å². The smallest absolute Gasteiger partial charge is 0.236 e. The van der Waals surface area contributed by atoms with E-state index in [1.165, 1.54) is 12.8 Å². The number of carbonyl (C=O) groups is 1. The molecule has 1 rings (SSSR count).